The summed E-state index contributed by atoms with van der Waals surface area (Å²) in [6.07, 6.45) is 7.68. The maximum atomic E-state index is 11.9. The van der Waals surface area contributed by atoms with Crippen LogP contribution in [-0.4, -0.2) is 45.7 Å². The van der Waals surface area contributed by atoms with E-state index in [1.165, 1.54) is 6.92 Å². The summed E-state index contributed by atoms with van der Waals surface area (Å²) in [6, 6.07) is 17.0. The minimum Gasteiger partial charge on any atom is -0.494 e. The van der Waals surface area contributed by atoms with Gasteiger partial charge in [-0.3, -0.25) is 14.4 Å². The number of carbonyl (C=O) groups excluding carboxylic acids is 1. The van der Waals surface area contributed by atoms with Crippen LogP contribution >= 0.6 is 11.6 Å². The minimum atomic E-state index is -0.921. The molecule has 44 heavy (non-hydrogen) atoms. The molecule has 0 saturated carbocycles. The molecule has 9 heteroatoms. The largest absolute Gasteiger partial charge is 0.494 e. The van der Waals surface area contributed by atoms with E-state index in [0.29, 0.717) is 48.1 Å². The van der Waals surface area contributed by atoms with Gasteiger partial charge in [0.25, 0.3) is 0 Å². The van der Waals surface area contributed by atoms with E-state index < -0.39 is 11.9 Å². The summed E-state index contributed by atoms with van der Waals surface area (Å²) in [5.74, 6) is -0.568. The van der Waals surface area contributed by atoms with Gasteiger partial charge in [0.2, 0.25) is 0 Å². The van der Waals surface area contributed by atoms with Crippen molar-refractivity contribution in [3.8, 4) is 11.5 Å². The molecule has 0 fully saturated rings. The number of carboxylic acid groups (broad SMARTS) is 2. The van der Waals surface area contributed by atoms with E-state index in [0.717, 1.165) is 46.2 Å². The lowest BCUT2D eigenvalue weighted by atomic mass is 10.0. The molecule has 1 aromatic heterocycles. The van der Waals surface area contributed by atoms with Crippen LogP contribution in [0, 0.1) is 6.92 Å². The predicted molar refractivity (Wildman–Crippen MR) is 172 cm³/mol. The average Bonchev–Trinajstić information content (AvgIpc) is 3.32. The molecule has 0 unspecified atom stereocenters. The number of nitrogens with zero attached hydrogens (tertiary/aromatic N) is 1. The Hall–Kier alpha value is -4.56. The van der Waals surface area contributed by atoms with Crippen molar-refractivity contribution in [1.29, 1.82) is 0 Å². The lowest BCUT2D eigenvalue weighted by Gasteiger charge is -2.12. The number of rotatable bonds is 16. The molecule has 2 N–H and O–H groups in total. The summed E-state index contributed by atoms with van der Waals surface area (Å²) in [4.78, 5) is 34.4. The summed E-state index contributed by atoms with van der Waals surface area (Å²) >= 11 is 6.15. The number of hydrogen-bond acceptors (Lipinski definition) is 5. The number of hydrogen-bond donors (Lipinski definition) is 2. The maximum absolute atomic E-state index is 11.9. The highest BCUT2D eigenvalue weighted by Gasteiger charge is 2.15. The quantitative estimate of drug-likeness (QED) is 0.0751. The number of Topliss-reactive ketones (excluding diaryl/α,β-unsaturated/α-hetero) is 1. The fourth-order valence-electron chi connectivity index (χ4n) is 4.98. The van der Waals surface area contributed by atoms with Crippen molar-refractivity contribution in [1.82, 2.24) is 4.57 Å². The molecule has 0 atom stereocenters. The molecular formula is C35H36ClNO7. The predicted octanol–water partition coefficient (Wildman–Crippen LogP) is 7.71. The Morgan fingerprint density at radius 1 is 0.909 bits per heavy atom. The smallest absolute Gasteiger partial charge is 0.307 e. The summed E-state index contributed by atoms with van der Waals surface area (Å²) in [6.45, 7) is 4.84. The Kier molecular flexibility index (Phi) is 11.2. The van der Waals surface area contributed by atoms with E-state index in [2.05, 4.69) is 0 Å². The Balaban J connectivity index is 1.33. The van der Waals surface area contributed by atoms with Crippen molar-refractivity contribution in [3.05, 3.63) is 93.6 Å². The molecule has 4 rings (SSSR count). The van der Waals surface area contributed by atoms with Gasteiger partial charge in [-0.15, -0.1) is 0 Å². The van der Waals surface area contributed by atoms with Crippen molar-refractivity contribution in [2.75, 3.05) is 13.2 Å². The van der Waals surface area contributed by atoms with Crippen LogP contribution < -0.4 is 9.47 Å². The van der Waals surface area contributed by atoms with Gasteiger partial charge >= 0.3 is 11.9 Å². The van der Waals surface area contributed by atoms with Crippen LogP contribution in [0.5, 0.6) is 11.5 Å². The minimum absolute atomic E-state index is 0.0503. The summed E-state index contributed by atoms with van der Waals surface area (Å²) in [7, 11) is 0. The number of aryl methyl sites for hydroxylation is 2. The Bertz CT molecular complexity index is 1670. The van der Waals surface area contributed by atoms with E-state index in [1.807, 2.05) is 72.3 Å². The Morgan fingerprint density at radius 3 is 2.32 bits per heavy atom. The number of carboxylic acids is 2. The van der Waals surface area contributed by atoms with Gasteiger partial charge in [0, 0.05) is 35.1 Å². The van der Waals surface area contributed by atoms with Crippen LogP contribution in [-0.2, 0) is 22.6 Å². The molecule has 0 aliphatic carbocycles. The fraction of sp³-hybridized carbons (Fsp3) is 0.286. The molecule has 8 nitrogen and oxygen atoms in total. The van der Waals surface area contributed by atoms with Crippen molar-refractivity contribution in [3.63, 3.8) is 0 Å². The molecule has 0 aliphatic heterocycles. The first kappa shape index (κ1) is 32.4. The first-order chi connectivity index (χ1) is 21.1. The topological polar surface area (TPSA) is 115 Å². The third kappa shape index (κ3) is 8.74. The molecule has 0 radical (unpaired) electrons. The molecule has 3 aromatic carbocycles. The van der Waals surface area contributed by atoms with Crippen molar-refractivity contribution < 1.29 is 34.1 Å². The third-order valence-electron chi connectivity index (χ3n) is 7.19. The van der Waals surface area contributed by atoms with Gasteiger partial charge in [-0.2, -0.15) is 0 Å². The van der Waals surface area contributed by atoms with Crippen LogP contribution in [0.25, 0.3) is 23.1 Å². The van der Waals surface area contributed by atoms with Gasteiger partial charge in [0.15, 0.2) is 5.78 Å². The third-order valence-corrected chi connectivity index (χ3v) is 7.60. The number of ketones is 1. The van der Waals surface area contributed by atoms with E-state index >= 15 is 0 Å². The molecule has 0 saturated heterocycles. The van der Waals surface area contributed by atoms with E-state index in [1.54, 1.807) is 12.1 Å². The number of aromatic nitrogens is 1. The maximum Gasteiger partial charge on any atom is 0.307 e. The van der Waals surface area contributed by atoms with Crippen LogP contribution in [0.2, 0.25) is 5.02 Å². The number of benzene rings is 3. The van der Waals surface area contributed by atoms with Crippen molar-refractivity contribution in [2.45, 2.75) is 52.5 Å². The number of halogens is 1. The molecule has 0 spiro atoms. The zero-order chi connectivity index (χ0) is 31.6. The standard InChI is InChI=1S/C35H36ClNO7/c1-23-19-32(29(24(2)38)21-30(23)36)44-18-4-3-17-43-28-14-11-25(12-15-28)10-13-26-7-5-8-31-35(26)27(20-34(41)42)22-37(31)16-6-9-33(39)40/h5,7-8,10-15,19,21-22H,3-4,6,9,16-18,20H2,1-2H3,(H,39,40)(H,41,42)/b13-10+. The lowest BCUT2D eigenvalue weighted by Crippen LogP contribution is -2.06. The van der Waals surface area contributed by atoms with Crippen LogP contribution in [0.3, 0.4) is 0 Å². The number of aliphatic carboxylic acids is 2. The number of carbonyl (C=O) groups is 3. The van der Waals surface area contributed by atoms with Crippen molar-refractivity contribution in [2.24, 2.45) is 0 Å². The Morgan fingerprint density at radius 2 is 1.64 bits per heavy atom. The monoisotopic (exact) mass is 617 g/mol. The molecule has 0 bridgehead atoms. The SMILES string of the molecule is CC(=O)c1cc(Cl)c(C)cc1OCCCCOc1ccc(/C=C/c2cccc3c2c(CC(=O)O)cn3CCCC(=O)O)cc1. The molecular weight excluding hydrogens is 582 g/mol. The molecule has 4 aromatic rings. The molecule has 230 valence electrons. The highest BCUT2D eigenvalue weighted by atomic mass is 35.5. The summed E-state index contributed by atoms with van der Waals surface area (Å²) < 4.78 is 13.7. The van der Waals surface area contributed by atoms with Crippen LogP contribution in [0.1, 0.15) is 65.2 Å². The second kappa shape index (κ2) is 15.3. The highest BCUT2D eigenvalue weighted by Crippen LogP contribution is 2.29. The normalized spacial score (nSPS) is 11.2. The Labute approximate surface area is 261 Å². The lowest BCUT2D eigenvalue weighted by molar-refractivity contribution is -0.137. The average molecular weight is 618 g/mol. The second-order valence-electron chi connectivity index (χ2n) is 10.6. The van der Waals surface area contributed by atoms with E-state index in [4.69, 9.17) is 26.2 Å². The van der Waals surface area contributed by atoms with Crippen LogP contribution in [0.4, 0.5) is 0 Å². The van der Waals surface area contributed by atoms with Crippen molar-refractivity contribution >= 4 is 52.4 Å². The van der Waals surface area contributed by atoms with Gasteiger partial charge in [0.1, 0.15) is 11.5 Å². The first-order valence-electron chi connectivity index (χ1n) is 14.5. The zero-order valence-corrected chi connectivity index (χ0v) is 25.6. The van der Waals surface area contributed by atoms with Gasteiger partial charge in [-0.05, 0) is 85.7 Å². The number of unbranched alkanes of at least 4 members (excludes halogenated alkanes) is 1. The van der Waals surface area contributed by atoms with Gasteiger partial charge in [0.05, 0.1) is 25.2 Å². The highest BCUT2D eigenvalue weighted by molar-refractivity contribution is 6.31. The number of fused-ring (bicyclic) bond motifs is 1. The fourth-order valence-corrected chi connectivity index (χ4v) is 5.14. The number of ether oxygens (including phenoxy) is 2. The molecule has 1 heterocycles. The summed E-state index contributed by atoms with van der Waals surface area (Å²) in [5, 5.41) is 19.9. The molecule has 0 aliphatic rings. The second-order valence-corrected chi connectivity index (χ2v) is 11.0. The first-order valence-corrected chi connectivity index (χ1v) is 14.9. The van der Waals surface area contributed by atoms with Gasteiger partial charge in [-0.25, -0.2) is 0 Å². The summed E-state index contributed by atoms with van der Waals surface area (Å²) in [5.41, 5.74) is 4.77. The van der Waals surface area contributed by atoms with E-state index in [9.17, 15) is 19.5 Å². The zero-order valence-electron chi connectivity index (χ0n) is 24.8. The van der Waals surface area contributed by atoms with E-state index in [-0.39, 0.29) is 18.6 Å². The van der Waals surface area contributed by atoms with Crippen LogP contribution in [0.15, 0.2) is 60.8 Å². The van der Waals surface area contributed by atoms with Gasteiger partial charge < -0.3 is 24.3 Å². The van der Waals surface area contributed by atoms with Gasteiger partial charge in [-0.1, -0.05) is 48.0 Å². The molecule has 0 amide bonds.